The molecule has 1 rings (SSSR count). The van der Waals surface area contributed by atoms with Gasteiger partial charge in [0.25, 0.3) is 5.91 Å². The van der Waals surface area contributed by atoms with Crippen LogP contribution in [0.3, 0.4) is 0 Å². The standard InChI is InChI=1S/C7H12N4O.C5H11NO2/c1-3(2)5-4(8)6(7(9)12)11-10-5;1-3(2)4(6)5(7)8/h3H,8H2,1-2H3,(H2,9,12)(H,10,11);3-4H,6H2,1-2H3,(H,7,8)/t;4-/m.0/s1. The van der Waals surface area contributed by atoms with Gasteiger partial charge in [-0.25, -0.2) is 0 Å². The summed E-state index contributed by atoms with van der Waals surface area (Å²) < 4.78 is 0. The van der Waals surface area contributed by atoms with Crippen molar-refractivity contribution in [1.82, 2.24) is 10.2 Å². The fourth-order valence-corrected chi connectivity index (χ4v) is 1.28. The Morgan fingerprint density at radius 1 is 1.25 bits per heavy atom. The number of carboxylic acids is 1. The maximum atomic E-state index is 10.7. The molecule has 114 valence electrons. The average Bonchev–Trinajstić information content (AvgIpc) is 2.70. The second-order valence-corrected chi connectivity index (χ2v) is 5.03. The zero-order chi connectivity index (χ0) is 16.0. The van der Waals surface area contributed by atoms with E-state index in [2.05, 4.69) is 10.2 Å². The second kappa shape index (κ2) is 7.49. The highest BCUT2D eigenvalue weighted by Crippen LogP contribution is 2.21. The fraction of sp³-hybridized carbons (Fsp3) is 0.583. The molecule has 0 aliphatic carbocycles. The summed E-state index contributed by atoms with van der Waals surface area (Å²) in [7, 11) is 0. The van der Waals surface area contributed by atoms with Crippen LogP contribution in [-0.4, -0.2) is 33.2 Å². The monoisotopic (exact) mass is 285 g/mol. The molecule has 0 unspecified atom stereocenters. The molecule has 0 aliphatic rings. The van der Waals surface area contributed by atoms with Crippen LogP contribution in [0.1, 0.15) is 49.8 Å². The van der Waals surface area contributed by atoms with Crippen LogP contribution in [0.2, 0.25) is 0 Å². The Hall–Kier alpha value is -2.09. The van der Waals surface area contributed by atoms with Gasteiger partial charge in [0, 0.05) is 0 Å². The first-order valence-corrected chi connectivity index (χ1v) is 6.21. The van der Waals surface area contributed by atoms with E-state index in [4.69, 9.17) is 22.3 Å². The molecule has 0 spiro atoms. The third-order valence-corrected chi connectivity index (χ3v) is 2.65. The maximum Gasteiger partial charge on any atom is 0.320 e. The van der Waals surface area contributed by atoms with Gasteiger partial charge in [0.1, 0.15) is 6.04 Å². The molecule has 0 fully saturated rings. The van der Waals surface area contributed by atoms with E-state index in [1.165, 1.54) is 0 Å². The fourth-order valence-electron chi connectivity index (χ4n) is 1.28. The average molecular weight is 285 g/mol. The van der Waals surface area contributed by atoms with Crippen molar-refractivity contribution in [3.63, 3.8) is 0 Å². The van der Waals surface area contributed by atoms with Gasteiger partial charge in [-0.2, -0.15) is 5.10 Å². The number of H-pyrrole nitrogens is 1. The third-order valence-electron chi connectivity index (χ3n) is 2.65. The Labute approximate surface area is 117 Å². The van der Waals surface area contributed by atoms with Crippen LogP contribution >= 0.6 is 0 Å². The highest BCUT2D eigenvalue weighted by atomic mass is 16.4. The summed E-state index contributed by atoms with van der Waals surface area (Å²) in [5.74, 6) is -1.30. The molecule has 0 saturated carbocycles. The number of aliphatic carboxylic acids is 1. The van der Waals surface area contributed by atoms with Crippen LogP contribution in [0.4, 0.5) is 5.69 Å². The lowest BCUT2D eigenvalue weighted by Crippen LogP contribution is -2.34. The van der Waals surface area contributed by atoms with Gasteiger partial charge in [-0.05, 0) is 11.8 Å². The quantitative estimate of drug-likeness (QED) is 0.533. The molecule has 1 aromatic heterocycles. The number of rotatable bonds is 4. The first-order chi connectivity index (χ1) is 9.09. The van der Waals surface area contributed by atoms with Crippen LogP contribution < -0.4 is 17.2 Å². The van der Waals surface area contributed by atoms with Crippen LogP contribution in [0.5, 0.6) is 0 Å². The van der Waals surface area contributed by atoms with Crippen molar-refractivity contribution in [2.75, 3.05) is 5.73 Å². The number of carbonyl (C=O) groups excluding carboxylic acids is 1. The minimum atomic E-state index is -0.931. The Balaban J connectivity index is 0.000000396. The van der Waals surface area contributed by atoms with Gasteiger partial charge in [0.2, 0.25) is 0 Å². The summed E-state index contributed by atoms with van der Waals surface area (Å²) >= 11 is 0. The summed E-state index contributed by atoms with van der Waals surface area (Å²) in [6, 6.07) is -0.713. The third kappa shape index (κ3) is 4.88. The van der Waals surface area contributed by atoms with Gasteiger partial charge in [-0.3, -0.25) is 14.7 Å². The second-order valence-electron chi connectivity index (χ2n) is 5.03. The van der Waals surface area contributed by atoms with Gasteiger partial charge >= 0.3 is 5.97 Å². The Bertz CT molecular complexity index is 468. The summed E-state index contributed by atoms with van der Waals surface area (Å²) in [5.41, 5.74) is 17.0. The smallest absolute Gasteiger partial charge is 0.320 e. The summed E-state index contributed by atoms with van der Waals surface area (Å²) in [6.45, 7) is 7.46. The molecule has 8 nitrogen and oxygen atoms in total. The van der Waals surface area contributed by atoms with Crippen molar-refractivity contribution in [3.05, 3.63) is 11.4 Å². The van der Waals surface area contributed by atoms with E-state index in [1.807, 2.05) is 13.8 Å². The molecule has 0 bridgehead atoms. The lowest BCUT2D eigenvalue weighted by atomic mass is 10.1. The molecule has 0 radical (unpaired) electrons. The number of nitrogens with two attached hydrogens (primary N) is 3. The van der Waals surface area contributed by atoms with Gasteiger partial charge in [-0.1, -0.05) is 27.7 Å². The predicted octanol–water partition coefficient (Wildman–Crippen LogP) is 0.269. The SMILES string of the molecule is CC(C)[C@H](N)C(=O)O.CC(C)c1[nH]nc(C(N)=O)c1N. The van der Waals surface area contributed by atoms with E-state index in [-0.39, 0.29) is 17.5 Å². The lowest BCUT2D eigenvalue weighted by Gasteiger charge is -2.07. The van der Waals surface area contributed by atoms with Gasteiger partial charge in [-0.15, -0.1) is 0 Å². The molecule has 1 aromatic rings. The summed E-state index contributed by atoms with van der Waals surface area (Å²) in [6.07, 6.45) is 0. The van der Waals surface area contributed by atoms with Crippen molar-refractivity contribution in [1.29, 1.82) is 0 Å². The molecule has 1 heterocycles. The molecule has 1 atom stereocenters. The largest absolute Gasteiger partial charge is 0.480 e. The number of hydrogen-bond acceptors (Lipinski definition) is 5. The molecule has 20 heavy (non-hydrogen) atoms. The van der Waals surface area contributed by atoms with Crippen molar-refractivity contribution >= 4 is 17.6 Å². The van der Waals surface area contributed by atoms with Crippen molar-refractivity contribution in [2.45, 2.75) is 39.7 Å². The molecular weight excluding hydrogens is 262 g/mol. The van der Waals surface area contributed by atoms with Gasteiger partial charge in [0.05, 0.1) is 11.4 Å². The number of carbonyl (C=O) groups is 2. The zero-order valence-electron chi connectivity index (χ0n) is 12.2. The predicted molar refractivity (Wildman–Crippen MR) is 76.1 cm³/mol. The Morgan fingerprint density at radius 2 is 1.75 bits per heavy atom. The number of nitrogen functional groups attached to an aromatic ring is 1. The lowest BCUT2D eigenvalue weighted by molar-refractivity contribution is -0.139. The maximum absolute atomic E-state index is 10.7. The van der Waals surface area contributed by atoms with Crippen molar-refractivity contribution in [2.24, 2.45) is 17.4 Å². The number of hydrogen-bond donors (Lipinski definition) is 5. The van der Waals surface area contributed by atoms with Crippen molar-refractivity contribution < 1.29 is 14.7 Å². The zero-order valence-corrected chi connectivity index (χ0v) is 12.2. The number of aromatic nitrogens is 2. The number of anilines is 1. The molecule has 8 N–H and O–H groups in total. The molecule has 0 saturated heterocycles. The van der Waals surface area contributed by atoms with Crippen LogP contribution in [-0.2, 0) is 4.79 Å². The minimum absolute atomic E-state index is 0.0208. The van der Waals surface area contributed by atoms with E-state index < -0.39 is 17.9 Å². The highest BCUT2D eigenvalue weighted by molar-refractivity contribution is 5.96. The van der Waals surface area contributed by atoms with E-state index in [9.17, 15) is 9.59 Å². The Kier molecular flexibility index (Phi) is 6.70. The number of nitrogens with one attached hydrogen (secondary N) is 1. The number of amides is 1. The van der Waals surface area contributed by atoms with Crippen LogP contribution in [0, 0.1) is 5.92 Å². The molecule has 0 aliphatic heterocycles. The molecule has 8 heteroatoms. The van der Waals surface area contributed by atoms with E-state index >= 15 is 0 Å². The highest BCUT2D eigenvalue weighted by Gasteiger charge is 2.16. The topological polar surface area (TPSA) is 161 Å². The number of aromatic amines is 1. The normalized spacial score (nSPS) is 11.9. The minimum Gasteiger partial charge on any atom is -0.480 e. The summed E-state index contributed by atoms with van der Waals surface area (Å²) in [5, 5.41) is 14.6. The number of carboxylic acid groups (broad SMARTS) is 1. The van der Waals surface area contributed by atoms with Gasteiger partial charge in [0.15, 0.2) is 5.69 Å². The number of primary amides is 1. The molecule has 1 amide bonds. The first-order valence-electron chi connectivity index (χ1n) is 6.21. The van der Waals surface area contributed by atoms with Gasteiger partial charge < -0.3 is 22.3 Å². The van der Waals surface area contributed by atoms with E-state index in [0.29, 0.717) is 5.69 Å². The Morgan fingerprint density at radius 3 is 1.90 bits per heavy atom. The van der Waals surface area contributed by atoms with Crippen LogP contribution in [0.15, 0.2) is 0 Å². The number of nitrogens with zero attached hydrogens (tertiary/aromatic N) is 1. The first kappa shape index (κ1) is 17.9. The van der Waals surface area contributed by atoms with E-state index in [1.54, 1.807) is 13.8 Å². The molecular formula is C12H23N5O3. The van der Waals surface area contributed by atoms with E-state index in [0.717, 1.165) is 5.69 Å². The van der Waals surface area contributed by atoms with Crippen LogP contribution in [0.25, 0.3) is 0 Å². The summed E-state index contributed by atoms with van der Waals surface area (Å²) in [4.78, 5) is 20.7. The van der Waals surface area contributed by atoms with Crippen molar-refractivity contribution in [3.8, 4) is 0 Å². The molecule has 0 aromatic carbocycles.